The van der Waals surface area contributed by atoms with Crippen molar-refractivity contribution in [1.29, 1.82) is 0 Å². The fourth-order valence-corrected chi connectivity index (χ4v) is 5.18. The first kappa shape index (κ1) is 25.2. The third-order valence-corrected chi connectivity index (χ3v) is 6.76. The quantitative estimate of drug-likeness (QED) is 0.637. The molecule has 3 N–H and O–H groups in total. The molecular formula is C21H29ClN4O4S. The van der Waals surface area contributed by atoms with E-state index in [1.807, 2.05) is 32.0 Å². The second kappa shape index (κ2) is 11.0. The Labute approximate surface area is 189 Å². The van der Waals surface area contributed by atoms with Gasteiger partial charge in [-0.05, 0) is 37.1 Å². The van der Waals surface area contributed by atoms with Gasteiger partial charge >= 0.3 is 0 Å². The van der Waals surface area contributed by atoms with Gasteiger partial charge in [0, 0.05) is 24.8 Å². The van der Waals surface area contributed by atoms with E-state index in [0.29, 0.717) is 37.4 Å². The number of benzene rings is 1. The number of carbonyl (C=O) groups excluding carboxylic acids is 1. The van der Waals surface area contributed by atoms with E-state index in [1.165, 1.54) is 0 Å². The van der Waals surface area contributed by atoms with Gasteiger partial charge in [0.05, 0.1) is 29.8 Å². The van der Waals surface area contributed by atoms with E-state index in [2.05, 4.69) is 9.71 Å². The van der Waals surface area contributed by atoms with Crippen molar-refractivity contribution >= 4 is 28.3 Å². The Bertz CT molecular complexity index is 988. The van der Waals surface area contributed by atoms with Crippen LogP contribution in [-0.4, -0.2) is 62.6 Å². The SMILES string of the molecule is CCc1c(-c2ccccn2)cccc1S(=O)(=O)N[C@@H](CN)C(=O)N1CCOC[C@@H]1C.Cl. The van der Waals surface area contributed by atoms with Gasteiger partial charge in [-0.2, -0.15) is 4.72 Å². The Kier molecular flexibility index (Phi) is 8.96. The number of hydrogen-bond acceptors (Lipinski definition) is 6. The van der Waals surface area contributed by atoms with Crippen molar-refractivity contribution in [3.05, 3.63) is 48.2 Å². The summed E-state index contributed by atoms with van der Waals surface area (Å²) in [5, 5.41) is 0. The molecule has 0 aliphatic carbocycles. The van der Waals surface area contributed by atoms with Gasteiger partial charge in [0.25, 0.3) is 0 Å². The van der Waals surface area contributed by atoms with Crippen molar-refractivity contribution < 1.29 is 17.9 Å². The zero-order chi connectivity index (χ0) is 21.7. The molecule has 0 unspecified atom stereocenters. The number of nitrogens with zero attached hydrogens (tertiary/aromatic N) is 2. The Morgan fingerprint density at radius 2 is 2.10 bits per heavy atom. The molecule has 1 aromatic heterocycles. The van der Waals surface area contributed by atoms with Crippen molar-refractivity contribution in [2.45, 2.75) is 37.2 Å². The van der Waals surface area contributed by atoms with Crippen LogP contribution in [-0.2, 0) is 26.0 Å². The number of ether oxygens (including phenoxy) is 1. The number of rotatable bonds is 7. The van der Waals surface area contributed by atoms with Gasteiger partial charge in [-0.1, -0.05) is 25.1 Å². The van der Waals surface area contributed by atoms with Gasteiger partial charge in [0.2, 0.25) is 15.9 Å². The van der Waals surface area contributed by atoms with Crippen molar-refractivity contribution in [2.75, 3.05) is 26.3 Å². The second-order valence-electron chi connectivity index (χ2n) is 7.22. The summed E-state index contributed by atoms with van der Waals surface area (Å²) in [6.45, 7) is 4.87. The lowest BCUT2D eigenvalue weighted by Gasteiger charge is -2.35. The summed E-state index contributed by atoms with van der Waals surface area (Å²) in [7, 11) is -3.98. The lowest BCUT2D eigenvalue weighted by Crippen LogP contribution is -2.57. The molecule has 0 bridgehead atoms. The molecule has 1 aliphatic heterocycles. The smallest absolute Gasteiger partial charge is 0.242 e. The minimum atomic E-state index is -3.98. The van der Waals surface area contributed by atoms with Crippen molar-refractivity contribution in [3.8, 4) is 11.3 Å². The van der Waals surface area contributed by atoms with Crippen LogP contribution in [0.2, 0.25) is 0 Å². The predicted octanol–water partition coefficient (Wildman–Crippen LogP) is 1.59. The molecule has 1 fully saturated rings. The number of pyridine rings is 1. The van der Waals surface area contributed by atoms with Crippen molar-refractivity contribution in [2.24, 2.45) is 5.73 Å². The number of nitrogens with two attached hydrogens (primary N) is 1. The second-order valence-corrected chi connectivity index (χ2v) is 8.90. The molecule has 1 saturated heterocycles. The molecule has 31 heavy (non-hydrogen) atoms. The minimum absolute atomic E-state index is 0. The monoisotopic (exact) mass is 468 g/mol. The third kappa shape index (κ3) is 5.61. The Balaban J connectivity index is 0.00000341. The first-order valence-electron chi connectivity index (χ1n) is 10.0. The number of halogens is 1. The Morgan fingerprint density at radius 1 is 1.32 bits per heavy atom. The summed E-state index contributed by atoms with van der Waals surface area (Å²) < 4.78 is 34.4. The van der Waals surface area contributed by atoms with Crippen LogP contribution < -0.4 is 10.5 Å². The maximum absolute atomic E-state index is 13.3. The van der Waals surface area contributed by atoms with E-state index in [-0.39, 0.29) is 35.8 Å². The maximum Gasteiger partial charge on any atom is 0.242 e. The fourth-order valence-electron chi connectivity index (χ4n) is 3.65. The lowest BCUT2D eigenvalue weighted by molar-refractivity contribution is -0.140. The Morgan fingerprint density at radius 3 is 2.71 bits per heavy atom. The van der Waals surface area contributed by atoms with Crippen molar-refractivity contribution in [1.82, 2.24) is 14.6 Å². The number of morpholine rings is 1. The van der Waals surface area contributed by atoms with Gasteiger partial charge in [-0.15, -0.1) is 12.4 Å². The number of amides is 1. The first-order chi connectivity index (χ1) is 14.4. The molecule has 170 valence electrons. The maximum atomic E-state index is 13.3. The largest absolute Gasteiger partial charge is 0.377 e. The third-order valence-electron chi connectivity index (χ3n) is 5.20. The Hall–Kier alpha value is -2.04. The molecular weight excluding hydrogens is 440 g/mol. The average molecular weight is 469 g/mol. The summed E-state index contributed by atoms with van der Waals surface area (Å²) >= 11 is 0. The minimum Gasteiger partial charge on any atom is -0.377 e. The molecule has 1 aliphatic rings. The van der Waals surface area contributed by atoms with Crippen molar-refractivity contribution in [3.63, 3.8) is 0 Å². The van der Waals surface area contributed by atoms with Gasteiger partial charge in [0.15, 0.2) is 0 Å². The van der Waals surface area contributed by atoms with Gasteiger partial charge in [-0.3, -0.25) is 9.78 Å². The van der Waals surface area contributed by atoms with E-state index in [1.54, 1.807) is 29.3 Å². The molecule has 3 rings (SSSR count). The fraction of sp³-hybridized carbons (Fsp3) is 0.429. The van der Waals surface area contributed by atoms with E-state index in [9.17, 15) is 13.2 Å². The molecule has 2 aromatic rings. The molecule has 8 nitrogen and oxygen atoms in total. The zero-order valence-electron chi connectivity index (χ0n) is 17.7. The zero-order valence-corrected chi connectivity index (χ0v) is 19.3. The van der Waals surface area contributed by atoms with Crippen LogP contribution in [0.5, 0.6) is 0 Å². The number of aromatic nitrogens is 1. The van der Waals surface area contributed by atoms with Crippen LogP contribution in [0.3, 0.4) is 0 Å². The molecule has 0 spiro atoms. The highest BCUT2D eigenvalue weighted by Gasteiger charge is 2.33. The predicted molar refractivity (Wildman–Crippen MR) is 121 cm³/mol. The van der Waals surface area contributed by atoms with E-state index in [0.717, 1.165) is 5.56 Å². The highest BCUT2D eigenvalue weighted by Crippen LogP contribution is 2.28. The van der Waals surface area contributed by atoms with E-state index in [4.69, 9.17) is 10.5 Å². The molecule has 2 heterocycles. The normalized spacial score (nSPS) is 17.6. The van der Waals surface area contributed by atoms with Crippen LogP contribution in [0.25, 0.3) is 11.3 Å². The van der Waals surface area contributed by atoms with Crippen LogP contribution >= 0.6 is 12.4 Å². The highest BCUT2D eigenvalue weighted by atomic mass is 35.5. The topological polar surface area (TPSA) is 115 Å². The summed E-state index contributed by atoms with van der Waals surface area (Å²) in [5.74, 6) is -0.337. The summed E-state index contributed by atoms with van der Waals surface area (Å²) in [5.41, 5.74) is 7.87. The van der Waals surface area contributed by atoms with Crippen LogP contribution in [0, 0.1) is 0 Å². The molecule has 0 saturated carbocycles. The molecule has 1 aromatic carbocycles. The number of nitrogens with one attached hydrogen (secondary N) is 1. The number of carbonyl (C=O) groups is 1. The highest BCUT2D eigenvalue weighted by molar-refractivity contribution is 7.89. The summed E-state index contributed by atoms with van der Waals surface area (Å²) in [6, 6.07) is 9.40. The van der Waals surface area contributed by atoms with Gasteiger partial charge in [0.1, 0.15) is 6.04 Å². The summed E-state index contributed by atoms with van der Waals surface area (Å²) in [4.78, 5) is 19.0. The number of sulfonamides is 1. The van der Waals surface area contributed by atoms with Gasteiger partial charge < -0.3 is 15.4 Å². The van der Waals surface area contributed by atoms with E-state index >= 15 is 0 Å². The molecule has 10 heteroatoms. The average Bonchev–Trinajstić information content (AvgIpc) is 2.77. The molecule has 1 amide bonds. The lowest BCUT2D eigenvalue weighted by atomic mass is 10.0. The summed E-state index contributed by atoms with van der Waals surface area (Å²) in [6.07, 6.45) is 2.16. The standard InChI is InChI=1S/C21H28N4O4S.ClH/c1-3-16-17(18-8-4-5-10-23-18)7-6-9-20(16)30(27,28)24-19(13-22)21(26)25-11-12-29-14-15(25)2;/h4-10,15,19,24H,3,11-14,22H2,1-2H3;1H/t15-,19-;/m0./s1. The van der Waals surface area contributed by atoms with Crippen LogP contribution in [0.4, 0.5) is 0 Å². The van der Waals surface area contributed by atoms with Crippen LogP contribution in [0.1, 0.15) is 19.4 Å². The van der Waals surface area contributed by atoms with Gasteiger partial charge in [-0.25, -0.2) is 8.42 Å². The van der Waals surface area contributed by atoms with E-state index < -0.39 is 16.1 Å². The number of hydrogen-bond donors (Lipinski definition) is 2. The first-order valence-corrected chi connectivity index (χ1v) is 11.5. The molecule has 2 atom stereocenters. The molecule has 0 radical (unpaired) electrons. The van der Waals surface area contributed by atoms with Crippen LogP contribution in [0.15, 0.2) is 47.5 Å².